The molecule has 0 saturated heterocycles. The molecular weight excluding hydrogens is 911 g/mol. The van der Waals surface area contributed by atoms with Crippen LogP contribution >= 0.6 is 21.6 Å². The molecule has 0 radical (unpaired) electrons. The second-order valence-electron chi connectivity index (χ2n) is 13.8. The molecule has 1 aromatic carbocycles. The Morgan fingerprint density at radius 1 is 0.697 bits per heavy atom. The molecule has 0 bridgehead atoms. The fraction of sp³-hybridized carbons (Fsp3) is 0.447. The number of carboxylic acid groups (broad SMARTS) is 2. The van der Waals surface area contributed by atoms with Gasteiger partial charge in [0, 0.05) is 55.1 Å². The van der Waals surface area contributed by atoms with Crippen molar-refractivity contribution in [3.05, 3.63) is 52.1 Å². The first-order valence-electron chi connectivity index (χ1n) is 20.1. The fourth-order valence-electron chi connectivity index (χ4n) is 5.40. The number of aromatic nitrogens is 4. The number of aliphatic hydroxyl groups is 1. The van der Waals surface area contributed by atoms with Crippen LogP contribution in [0.4, 0.5) is 11.6 Å². The van der Waals surface area contributed by atoms with Gasteiger partial charge in [0.15, 0.2) is 11.2 Å². The number of nitrogens with one attached hydrogen (secondary N) is 9. The second kappa shape index (κ2) is 28.7. The number of H-pyrrole nitrogens is 1. The SMILES string of the molecule is Nc1nc2ncc(CNc3ccc(C(=O)NCCCC(=O)NCC(=O)NC(CCC(=O)O)C(=O)NCC(=O)NC(CCC(=O)O)C(=O)NCC(=O)NCCSSCCO)cc3)nc2c(=O)[nH]1. The molecule has 0 aliphatic heterocycles. The van der Waals surface area contributed by atoms with Gasteiger partial charge in [0.2, 0.25) is 41.4 Å². The van der Waals surface area contributed by atoms with Gasteiger partial charge >= 0.3 is 11.9 Å². The zero-order valence-corrected chi connectivity index (χ0v) is 36.9. The van der Waals surface area contributed by atoms with Crippen molar-refractivity contribution in [1.82, 2.24) is 57.2 Å². The van der Waals surface area contributed by atoms with Gasteiger partial charge < -0.3 is 63.6 Å². The summed E-state index contributed by atoms with van der Waals surface area (Å²) in [5.74, 6) is -6.74. The van der Waals surface area contributed by atoms with E-state index in [1.54, 1.807) is 24.3 Å². The molecule has 28 heteroatoms. The normalized spacial score (nSPS) is 11.6. The van der Waals surface area contributed by atoms with Crippen molar-refractivity contribution in [2.45, 2.75) is 57.2 Å². The van der Waals surface area contributed by atoms with Crippen LogP contribution in [0.25, 0.3) is 11.2 Å². The maximum Gasteiger partial charge on any atom is 0.303 e. The molecule has 358 valence electrons. The third-order valence-corrected chi connectivity index (χ3v) is 11.0. The van der Waals surface area contributed by atoms with Crippen LogP contribution in [-0.2, 0) is 44.9 Å². The van der Waals surface area contributed by atoms with Crippen LogP contribution in [-0.4, -0.2) is 151 Å². The number of aromatic amines is 1. The van der Waals surface area contributed by atoms with Gasteiger partial charge in [0.1, 0.15) is 12.1 Å². The molecule has 3 rings (SSSR count). The summed E-state index contributed by atoms with van der Waals surface area (Å²) in [5, 5.41) is 46.9. The number of carbonyl (C=O) groups is 9. The average Bonchev–Trinajstić information content (AvgIpc) is 3.28. The molecule has 2 heterocycles. The molecule has 66 heavy (non-hydrogen) atoms. The number of aliphatic hydroxyl groups excluding tert-OH is 1. The zero-order chi connectivity index (χ0) is 48.4. The molecule has 0 aliphatic carbocycles. The van der Waals surface area contributed by atoms with Crippen molar-refractivity contribution in [2.75, 3.05) is 61.9 Å². The second-order valence-corrected chi connectivity index (χ2v) is 16.5. The van der Waals surface area contributed by atoms with Gasteiger partial charge in [-0.1, -0.05) is 21.6 Å². The topological polar surface area (TPSA) is 408 Å². The van der Waals surface area contributed by atoms with E-state index in [2.05, 4.69) is 62.5 Å². The highest BCUT2D eigenvalue weighted by atomic mass is 33.1. The molecule has 2 unspecified atom stereocenters. The van der Waals surface area contributed by atoms with E-state index >= 15 is 0 Å². The van der Waals surface area contributed by atoms with E-state index in [-0.39, 0.29) is 62.6 Å². The number of nitrogen functional groups attached to an aromatic ring is 1. The van der Waals surface area contributed by atoms with Crippen molar-refractivity contribution >= 4 is 97.7 Å². The summed E-state index contributed by atoms with van der Waals surface area (Å²) >= 11 is 0. The van der Waals surface area contributed by atoms with Gasteiger partial charge in [-0.15, -0.1) is 0 Å². The summed E-state index contributed by atoms with van der Waals surface area (Å²) in [4.78, 5) is 137. The number of anilines is 2. The highest BCUT2D eigenvalue weighted by Gasteiger charge is 2.25. The van der Waals surface area contributed by atoms with E-state index in [9.17, 15) is 47.9 Å². The predicted molar refractivity (Wildman–Crippen MR) is 239 cm³/mol. The Morgan fingerprint density at radius 3 is 1.89 bits per heavy atom. The van der Waals surface area contributed by atoms with Crippen molar-refractivity contribution in [2.24, 2.45) is 0 Å². The average molecular weight is 962 g/mol. The molecule has 2 aromatic heterocycles. The lowest BCUT2D eigenvalue weighted by molar-refractivity contribution is -0.138. The van der Waals surface area contributed by atoms with E-state index in [1.807, 2.05) is 0 Å². The molecule has 0 aliphatic rings. The number of amides is 7. The van der Waals surface area contributed by atoms with Crippen molar-refractivity contribution < 1.29 is 58.5 Å². The summed E-state index contributed by atoms with van der Waals surface area (Å²) < 4.78 is 0. The monoisotopic (exact) mass is 961 g/mol. The third kappa shape index (κ3) is 20.6. The Hall–Kier alpha value is -7.07. The highest BCUT2D eigenvalue weighted by Crippen LogP contribution is 2.19. The Balaban J connectivity index is 1.38. The molecule has 0 saturated carbocycles. The number of carbonyl (C=O) groups excluding carboxylic acids is 7. The molecule has 2 atom stereocenters. The van der Waals surface area contributed by atoms with E-state index < -0.39 is 110 Å². The molecule has 0 fully saturated rings. The summed E-state index contributed by atoms with van der Waals surface area (Å²) in [7, 11) is 2.85. The van der Waals surface area contributed by atoms with E-state index in [0.29, 0.717) is 28.5 Å². The van der Waals surface area contributed by atoms with Gasteiger partial charge in [-0.25, -0.2) is 9.97 Å². The van der Waals surface area contributed by atoms with Gasteiger partial charge in [-0.05, 0) is 43.5 Å². The first kappa shape index (κ1) is 53.3. The third-order valence-electron chi connectivity index (χ3n) is 8.63. The Kier molecular flexibility index (Phi) is 23.1. The fourth-order valence-corrected chi connectivity index (χ4v) is 7.08. The highest BCUT2D eigenvalue weighted by molar-refractivity contribution is 8.76. The van der Waals surface area contributed by atoms with Gasteiger partial charge in [0.05, 0.1) is 44.7 Å². The number of fused-ring (bicyclic) bond motifs is 1. The molecule has 0 spiro atoms. The molecule has 26 nitrogen and oxygen atoms in total. The van der Waals surface area contributed by atoms with Crippen LogP contribution in [0.2, 0.25) is 0 Å². The molecule has 7 amide bonds. The standard InChI is InChI=1S/C38H51N13O13S2/c39-38-50-33-32(37(64)51-38)47-23(17-44-33)16-42-22-5-3-21(4-6-22)34(61)41-11-1-2-26(53)43-19-28(55)48-25(8-10-31(59)60)36(63)46-20-29(56)49-24(7-9-30(57)58)35(62)45-18-27(54)40-12-14-65-66-15-13-52/h3-6,17,24-25,42,52H,1-2,7-16,18-20H2,(H,40,54)(H,41,61)(H,43,53)(H,45,62)(H,46,63)(H,48,55)(H,49,56)(H,57,58)(H,59,60)(H3,39,44,50,51,64). The van der Waals surface area contributed by atoms with E-state index in [0.717, 1.165) is 0 Å². The first-order chi connectivity index (χ1) is 31.5. The van der Waals surface area contributed by atoms with Gasteiger partial charge in [-0.2, -0.15) is 4.98 Å². The molecule has 3 aromatic rings. The van der Waals surface area contributed by atoms with Gasteiger partial charge in [-0.3, -0.25) is 52.9 Å². The van der Waals surface area contributed by atoms with E-state index in [4.69, 9.17) is 21.1 Å². The molecular formula is C38H51N13O13S2. The van der Waals surface area contributed by atoms with Crippen LogP contribution in [0.5, 0.6) is 0 Å². The Bertz CT molecular complexity index is 2250. The molecule has 14 N–H and O–H groups in total. The summed E-state index contributed by atoms with van der Waals surface area (Å²) in [5.41, 5.74) is 6.60. The number of nitrogens with two attached hydrogens (primary N) is 1. The first-order valence-corrected chi connectivity index (χ1v) is 22.6. The van der Waals surface area contributed by atoms with Crippen LogP contribution < -0.4 is 53.8 Å². The Morgan fingerprint density at radius 2 is 1.29 bits per heavy atom. The number of rotatable bonds is 30. The number of hydrogen-bond donors (Lipinski definition) is 13. The van der Waals surface area contributed by atoms with Crippen LogP contribution in [0.15, 0.2) is 35.3 Å². The number of carboxylic acids is 2. The summed E-state index contributed by atoms with van der Waals surface area (Å²) in [6, 6.07) is 3.60. The number of hydrogen-bond acceptors (Lipinski definition) is 18. The van der Waals surface area contributed by atoms with Crippen LogP contribution in [0, 0.1) is 0 Å². The van der Waals surface area contributed by atoms with Crippen molar-refractivity contribution in [3.63, 3.8) is 0 Å². The number of aliphatic carboxylic acids is 2. The van der Waals surface area contributed by atoms with E-state index in [1.165, 1.54) is 27.8 Å². The lowest BCUT2D eigenvalue weighted by atomic mass is 10.1. The van der Waals surface area contributed by atoms with Gasteiger partial charge in [0.25, 0.3) is 11.5 Å². The number of nitrogens with zero attached hydrogens (tertiary/aromatic N) is 3. The zero-order valence-electron chi connectivity index (χ0n) is 35.3. The lowest BCUT2D eigenvalue weighted by Gasteiger charge is -2.20. The minimum absolute atomic E-state index is 0.0157. The van der Waals surface area contributed by atoms with Crippen LogP contribution in [0.1, 0.15) is 54.6 Å². The maximum atomic E-state index is 12.9. The minimum Gasteiger partial charge on any atom is -0.481 e. The quantitative estimate of drug-likeness (QED) is 0.0233. The lowest BCUT2D eigenvalue weighted by Crippen LogP contribution is -2.53. The van der Waals surface area contributed by atoms with Crippen LogP contribution in [0.3, 0.4) is 0 Å². The Labute approximate surface area is 383 Å². The summed E-state index contributed by atoms with van der Waals surface area (Å²) in [6.07, 6.45) is -0.289. The van der Waals surface area contributed by atoms with Crippen molar-refractivity contribution in [1.29, 1.82) is 0 Å². The smallest absolute Gasteiger partial charge is 0.303 e. The summed E-state index contributed by atoms with van der Waals surface area (Å²) in [6.45, 7) is -1.22. The predicted octanol–water partition coefficient (Wildman–Crippen LogP) is -3.04. The minimum atomic E-state index is -1.46. The van der Waals surface area contributed by atoms with Crippen molar-refractivity contribution in [3.8, 4) is 0 Å². The maximum absolute atomic E-state index is 12.9. The largest absolute Gasteiger partial charge is 0.481 e. The number of benzene rings is 1.